The van der Waals surface area contributed by atoms with Gasteiger partial charge in [0.05, 0.1) is 7.11 Å². The Kier molecular flexibility index (Phi) is 4.34. The van der Waals surface area contributed by atoms with Gasteiger partial charge in [-0.25, -0.2) is 9.18 Å². The zero-order valence-corrected chi connectivity index (χ0v) is 8.37. The molecular formula is C11H12FNO2. The van der Waals surface area contributed by atoms with E-state index in [-0.39, 0.29) is 5.82 Å². The van der Waals surface area contributed by atoms with Gasteiger partial charge in [0.1, 0.15) is 5.82 Å². The maximum Gasteiger partial charge on any atom is 0.331 e. The van der Waals surface area contributed by atoms with Crippen LogP contribution in [0.1, 0.15) is 5.56 Å². The van der Waals surface area contributed by atoms with Crippen LogP contribution in [0.15, 0.2) is 36.5 Å². The van der Waals surface area contributed by atoms with Crippen molar-refractivity contribution in [2.45, 2.75) is 6.54 Å². The summed E-state index contributed by atoms with van der Waals surface area (Å²) in [6, 6.07) is 6.45. The second-order valence-electron chi connectivity index (χ2n) is 2.83. The second-order valence-corrected chi connectivity index (χ2v) is 2.83. The molecule has 0 spiro atoms. The van der Waals surface area contributed by atoms with E-state index in [2.05, 4.69) is 10.1 Å². The van der Waals surface area contributed by atoms with Gasteiger partial charge in [-0.3, -0.25) is 0 Å². The number of carbonyl (C=O) groups is 1. The summed E-state index contributed by atoms with van der Waals surface area (Å²) in [6.07, 6.45) is 2.67. The average Bonchev–Trinajstić information content (AvgIpc) is 2.26. The number of ether oxygens (including phenoxy) is 1. The van der Waals surface area contributed by atoms with Crippen LogP contribution in [0.4, 0.5) is 4.39 Å². The van der Waals surface area contributed by atoms with Gasteiger partial charge < -0.3 is 10.1 Å². The minimum atomic E-state index is -0.448. The molecule has 0 aliphatic carbocycles. The number of esters is 1. The molecule has 0 bridgehead atoms. The number of rotatable bonds is 4. The van der Waals surface area contributed by atoms with Crippen LogP contribution in [0.25, 0.3) is 0 Å². The van der Waals surface area contributed by atoms with Gasteiger partial charge in [-0.1, -0.05) is 18.2 Å². The number of halogens is 1. The van der Waals surface area contributed by atoms with Crippen LogP contribution in [-0.4, -0.2) is 13.1 Å². The first kappa shape index (κ1) is 11.2. The third-order valence-corrected chi connectivity index (χ3v) is 1.79. The Morgan fingerprint density at radius 3 is 2.93 bits per heavy atom. The third-order valence-electron chi connectivity index (χ3n) is 1.79. The molecule has 0 aliphatic rings. The summed E-state index contributed by atoms with van der Waals surface area (Å²) in [5.41, 5.74) is 0.548. The van der Waals surface area contributed by atoms with Crippen molar-refractivity contribution in [1.29, 1.82) is 0 Å². The van der Waals surface area contributed by atoms with Gasteiger partial charge in [0.25, 0.3) is 0 Å². The fourth-order valence-corrected chi connectivity index (χ4v) is 1.01. The lowest BCUT2D eigenvalue weighted by molar-refractivity contribution is -0.134. The van der Waals surface area contributed by atoms with E-state index in [9.17, 15) is 9.18 Å². The standard InChI is InChI=1S/C11H12FNO2/c1-15-11(14)6-7-13-8-9-4-2-3-5-10(9)12/h2-7,13H,8H2,1H3/b7-6+. The summed E-state index contributed by atoms with van der Waals surface area (Å²) < 4.78 is 17.5. The van der Waals surface area contributed by atoms with Gasteiger partial charge in [0.2, 0.25) is 0 Å². The molecular weight excluding hydrogens is 197 g/mol. The molecule has 0 saturated heterocycles. The maximum absolute atomic E-state index is 13.1. The van der Waals surface area contributed by atoms with E-state index in [1.54, 1.807) is 18.2 Å². The Bertz CT molecular complexity index is 363. The van der Waals surface area contributed by atoms with Crippen molar-refractivity contribution < 1.29 is 13.9 Å². The van der Waals surface area contributed by atoms with Crippen molar-refractivity contribution >= 4 is 5.97 Å². The van der Waals surface area contributed by atoms with Gasteiger partial charge in [-0.2, -0.15) is 0 Å². The van der Waals surface area contributed by atoms with Crippen molar-refractivity contribution in [3.05, 3.63) is 47.9 Å². The quantitative estimate of drug-likeness (QED) is 0.604. The molecule has 1 rings (SSSR count). The molecule has 3 nitrogen and oxygen atoms in total. The first-order valence-corrected chi connectivity index (χ1v) is 4.45. The molecule has 80 valence electrons. The molecule has 0 fully saturated rings. The topological polar surface area (TPSA) is 38.3 Å². The molecule has 0 aliphatic heterocycles. The minimum absolute atomic E-state index is 0.267. The zero-order valence-electron chi connectivity index (χ0n) is 8.37. The summed E-state index contributed by atoms with van der Waals surface area (Å²) in [7, 11) is 1.30. The lowest BCUT2D eigenvalue weighted by Crippen LogP contribution is -2.07. The summed E-state index contributed by atoms with van der Waals surface area (Å²) in [6.45, 7) is 0.333. The summed E-state index contributed by atoms with van der Waals surface area (Å²) in [5, 5.41) is 2.79. The summed E-state index contributed by atoms with van der Waals surface area (Å²) in [5.74, 6) is -0.715. The van der Waals surface area contributed by atoms with Gasteiger partial charge in [0, 0.05) is 24.4 Å². The molecule has 1 N–H and O–H groups in total. The maximum atomic E-state index is 13.1. The first-order valence-electron chi connectivity index (χ1n) is 4.45. The number of nitrogens with one attached hydrogen (secondary N) is 1. The monoisotopic (exact) mass is 209 g/mol. The average molecular weight is 209 g/mol. The molecule has 1 aromatic rings. The molecule has 0 saturated carbocycles. The fraction of sp³-hybridized carbons (Fsp3) is 0.182. The SMILES string of the molecule is COC(=O)/C=C/NCc1ccccc1F. The lowest BCUT2D eigenvalue weighted by atomic mass is 10.2. The summed E-state index contributed by atoms with van der Waals surface area (Å²) in [4.78, 5) is 10.7. The highest BCUT2D eigenvalue weighted by atomic mass is 19.1. The Labute approximate surface area is 87.6 Å². The highest BCUT2D eigenvalue weighted by Crippen LogP contribution is 2.05. The van der Waals surface area contributed by atoms with Crippen LogP contribution in [0, 0.1) is 5.82 Å². The minimum Gasteiger partial charge on any atom is -0.466 e. The van der Waals surface area contributed by atoms with E-state index in [1.807, 2.05) is 0 Å². The van der Waals surface area contributed by atoms with Crippen LogP contribution in [-0.2, 0) is 16.1 Å². The lowest BCUT2D eigenvalue weighted by Gasteiger charge is -2.01. The first-order chi connectivity index (χ1) is 7.24. The van der Waals surface area contributed by atoms with E-state index < -0.39 is 5.97 Å². The van der Waals surface area contributed by atoms with E-state index >= 15 is 0 Å². The van der Waals surface area contributed by atoms with Crippen LogP contribution in [0.2, 0.25) is 0 Å². The van der Waals surface area contributed by atoms with Crippen molar-refractivity contribution in [1.82, 2.24) is 5.32 Å². The Morgan fingerprint density at radius 2 is 2.27 bits per heavy atom. The van der Waals surface area contributed by atoms with Gasteiger partial charge in [-0.05, 0) is 6.07 Å². The van der Waals surface area contributed by atoms with Crippen molar-refractivity contribution in [2.24, 2.45) is 0 Å². The Balaban J connectivity index is 2.41. The van der Waals surface area contributed by atoms with Crippen LogP contribution >= 0.6 is 0 Å². The molecule has 0 atom stereocenters. The van der Waals surface area contributed by atoms with E-state index in [1.165, 1.54) is 25.5 Å². The molecule has 0 heterocycles. The number of hydrogen-bond acceptors (Lipinski definition) is 3. The number of carbonyl (C=O) groups excluding carboxylic acids is 1. The van der Waals surface area contributed by atoms with Crippen molar-refractivity contribution in [2.75, 3.05) is 7.11 Å². The summed E-state index contributed by atoms with van der Waals surface area (Å²) >= 11 is 0. The van der Waals surface area contributed by atoms with Crippen LogP contribution in [0.3, 0.4) is 0 Å². The van der Waals surface area contributed by atoms with Gasteiger partial charge >= 0.3 is 5.97 Å². The number of methoxy groups -OCH3 is 1. The number of hydrogen-bond donors (Lipinski definition) is 1. The van der Waals surface area contributed by atoms with Gasteiger partial charge in [-0.15, -0.1) is 0 Å². The van der Waals surface area contributed by atoms with Crippen LogP contribution < -0.4 is 5.32 Å². The molecule has 15 heavy (non-hydrogen) atoms. The second kappa shape index (κ2) is 5.80. The number of benzene rings is 1. The van der Waals surface area contributed by atoms with E-state index in [4.69, 9.17) is 0 Å². The predicted molar refractivity (Wildman–Crippen MR) is 54.4 cm³/mol. The van der Waals surface area contributed by atoms with Gasteiger partial charge in [0.15, 0.2) is 0 Å². The Morgan fingerprint density at radius 1 is 1.53 bits per heavy atom. The zero-order chi connectivity index (χ0) is 11.1. The third kappa shape index (κ3) is 3.81. The van der Waals surface area contributed by atoms with Crippen molar-refractivity contribution in [3.8, 4) is 0 Å². The molecule has 4 heteroatoms. The molecule has 0 radical (unpaired) electrons. The molecule has 0 unspecified atom stereocenters. The highest BCUT2D eigenvalue weighted by Gasteiger charge is 1.97. The Hall–Kier alpha value is -1.84. The highest BCUT2D eigenvalue weighted by molar-refractivity contribution is 5.81. The molecule has 0 aromatic heterocycles. The molecule has 0 amide bonds. The fourth-order valence-electron chi connectivity index (χ4n) is 1.01. The van der Waals surface area contributed by atoms with Crippen molar-refractivity contribution in [3.63, 3.8) is 0 Å². The smallest absolute Gasteiger partial charge is 0.331 e. The van der Waals surface area contributed by atoms with E-state index in [0.29, 0.717) is 12.1 Å². The largest absolute Gasteiger partial charge is 0.466 e. The molecule has 1 aromatic carbocycles. The predicted octanol–water partition coefficient (Wildman–Crippen LogP) is 1.60. The van der Waals surface area contributed by atoms with Crippen LogP contribution in [0.5, 0.6) is 0 Å². The normalized spacial score (nSPS) is 10.3. The van der Waals surface area contributed by atoms with E-state index in [0.717, 1.165) is 0 Å².